The van der Waals surface area contributed by atoms with Gasteiger partial charge in [-0.1, -0.05) is 0 Å². The minimum absolute atomic E-state index is 0.00743. The molecule has 1 aromatic carbocycles. The second-order valence-electron chi connectivity index (χ2n) is 4.90. The monoisotopic (exact) mass is 308 g/mol. The summed E-state index contributed by atoms with van der Waals surface area (Å²) in [6, 6.07) is 5.16. The van der Waals surface area contributed by atoms with Crippen molar-refractivity contribution in [2.75, 3.05) is 38.9 Å². The minimum atomic E-state index is -0.258. The van der Waals surface area contributed by atoms with Gasteiger partial charge in [-0.3, -0.25) is 9.59 Å². The Morgan fingerprint density at radius 1 is 1.32 bits per heavy atom. The van der Waals surface area contributed by atoms with Gasteiger partial charge in [0.2, 0.25) is 18.6 Å². The fourth-order valence-corrected chi connectivity index (χ4v) is 2.10. The molecule has 2 amide bonds. The third-order valence-electron chi connectivity index (χ3n) is 3.21. The van der Waals surface area contributed by atoms with Crippen LogP contribution in [0.15, 0.2) is 18.2 Å². The molecule has 22 heavy (non-hydrogen) atoms. The van der Waals surface area contributed by atoms with E-state index in [1.54, 1.807) is 25.3 Å². The Balaban J connectivity index is 1.89. The van der Waals surface area contributed by atoms with Crippen LogP contribution in [0.5, 0.6) is 11.5 Å². The van der Waals surface area contributed by atoms with E-state index in [0.717, 1.165) is 0 Å². The standard InChI is InChI=1S/C15H20N2O5/c1-11(18)17(6-3-7-20-2)9-15(19)16-12-4-5-13-14(8-12)22-10-21-13/h4-5,8H,3,6-7,9-10H2,1-2H3,(H,16,19). The SMILES string of the molecule is COCCCN(CC(=O)Nc1ccc2c(c1)OCO2)C(C)=O. The van der Waals surface area contributed by atoms with E-state index in [0.29, 0.717) is 36.8 Å². The highest BCUT2D eigenvalue weighted by molar-refractivity contribution is 5.94. The lowest BCUT2D eigenvalue weighted by molar-refractivity contribution is -0.132. The highest BCUT2D eigenvalue weighted by Gasteiger charge is 2.16. The summed E-state index contributed by atoms with van der Waals surface area (Å²) in [5, 5.41) is 2.75. The third-order valence-corrected chi connectivity index (χ3v) is 3.21. The van der Waals surface area contributed by atoms with Gasteiger partial charge in [0.05, 0.1) is 6.54 Å². The maximum absolute atomic E-state index is 12.1. The molecule has 0 bridgehead atoms. The summed E-state index contributed by atoms with van der Waals surface area (Å²) in [5.74, 6) is 0.854. The number of hydrogen-bond donors (Lipinski definition) is 1. The predicted octanol–water partition coefficient (Wildman–Crippen LogP) is 1.24. The van der Waals surface area contributed by atoms with Gasteiger partial charge in [0, 0.05) is 38.9 Å². The van der Waals surface area contributed by atoms with Gasteiger partial charge in [-0.25, -0.2) is 0 Å². The Bertz CT molecular complexity index is 547. The molecule has 0 saturated heterocycles. The molecule has 0 aliphatic carbocycles. The van der Waals surface area contributed by atoms with Crippen LogP contribution in [0.4, 0.5) is 5.69 Å². The molecule has 0 unspecified atom stereocenters. The molecule has 0 spiro atoms. The van der Waals surface area contributed by atoms with Crippen molar-refractivity contribution >= 4 is 17.5 Å². The zero-order valence-electron chi connectivity index (χ0n) is 12.8. The second kappa shape index (κ2) is 7.65. The van der Waals surface area contributed by atoms with Crippen LogP contribution in [-0.4, -0.2) is 50.3 Å². The number of amides is 2. The smallest absolute Gasteiger partial charge is 0.243 e. The molecule has 0 atom stereocenters. The van der Waals surface area contributed by atoms with Crippen LogP contribution in [0.3, 0.4) is 0 Å². The first kappa shape index (κ1) is 16.1. The van der Waals surface area contributed by atoms with E-state index in [9.17, 15) is 9.59 Å². The lowest BCUT2D eigenvalue weighted by atomic mass is 10.2. The van der Waals surface area contributed by atoms with Crippen molar-refractivity contribution in [3.05, 3.63) is 18.2 Å². The van der Waals surface area contributed by atoms with Crippen molar-refractivity contribution in [1.29, 1.82) is 0 Å². The van der Waals surface area contributed by atoms with Gasteiger partial charge in [-0.15, -0.1) is 0 Å². The summed E-state index contributed by atoms with van der Waals surface area (Å²) >= 11 is 0. The van der Waals surface area contributed by atoms with Gasteiger partial charge in [0.1, 0.15) is 0 Å². The molecule has 1 heterocycles. The van der Waals surface area contributed by atoms with Gasteiger partial charge < -0.3 is 24.4 Å². The third kappa shape index (κ3) is 4.36. The predicted molar refractivity (Wildman–Crippen MR) is 79.9 cm³/mol. The molecule has 120 valence electrons. The molecule has 7 nitrogen and oxygen atoms in total. The van der Waals surface area contributed by atoms with E-state index in [4.69, 9.17) is 14.2 Å². The van der Waals surface area contributed by atoms with Gasteiger partial charge in [-0.2, -0.15) is 0 Å². The van der Waals surface area contributed by atoms with Crippen molar-refractivity contribution in [2.45, 2.75) is 13.3 Å². The largest absolute Gasteiger partial charge is 0.454 e. The lowest BCUT2D eigenvalue weighted by Gasteiger charge is -2.20. The van der Waals surface area contributed by atoms with Gasteiger partial charge in [-0.05, 0) is 18.6 Å². The Morgan fingerprint density at radius 2 is 2.09 bits per heavy atom. The second-order valence-corrected chi connectivity index (χ2v) is 4.90. The van der Waals surface area contributed by atoms with Crippen LogP contribution >= 0.6 is 0 Å². The molecule has 7 heteroatoms. The number of nitrogens with one attached hydrogen (secondary N) is 1. The Labute approximate surface area is 129 Å². The summed E-state index contributed by atoms with van der Waals surface area (Å²) in [7, 11) is 1.60. The number of rotatable bonds is 7. The molecule has 0 fully saturated rings. The maximum atomic E-state index is 12.1. The summed E-state index contributed by atoms with van der Waals surface area (Å²) in [6.07, 6.45) is 0.688. The summed E-state index contributed by atoms with van der Waals surface area (Å²) in [5.41, 5.74) is 0.606. The number of fused-ring (bicyclic) bond motifs is 1. The Hall–Kier alpha value is -2.28. The van der Waals surface area contributed by atoms with Gasteiger partial charge >= 0.3 is 0 Å². The molecule has 1 aliphatic rings. The molecular formula is C15H20N2O5. The van der Waals surface area contributed by atoms with Crippen molar-refractivity contribution in [2.24, 2.45) is 0 Å². The number of benzene rings is 1. The number of anilines is 1. The first-order chi connectivity index (χ1) is 10.6. The molecule has 1 aliphatic heterocycles. The average molecular weight is 308 g/mol. The van der Waals surface area contributed by atoms with E-state index in [1.807, 2.05) is 0 Å². The van der Waals surface area contributed by atoms with Crippen LogP contribution in [0.2, 0.25) is 0 Å². The van der Waals surface area contributed by atoms with Gasteiger partial charge in [0.25, 0.3) is 0 Å². The quantitative estimate of drug-likeness (QED) is 0.767. The lowest BCUT2D eigenvalue weighted by Crippen LogP contribution is -2.37. The molecular weight excluding hydrogens is 288 g/mol. The minimum Gasteiger partial charge on any atom is -0.454 e. The maximum Gasteiger partial charge on any atom is 0.243 e. The summed E-state index contributed by atoms with van der Waals surface area (Å²) in [6.45, 7) is 2.67. The first-order valence-electron chi connectivity index (χ1n) is 7.04. The number of ether oxygens (including phenoxy) is 3. The Morgan fingerprint density at radius 3 is 2.82 bits per heavy atom. The fraction of sp³-hybridized carbons (Fsp3) is 0.467. The molecule has 1 aromatic rings. The molecule has 2 rings (SSSR count). The number of carbonyl (C=O) groups is 2. The van der Waals surface area contributed by atoms with Crippen molar-refractivity contribution < 1.29 is 23.8 Å². The summed E-state index contributed by atoms with van der Waals surface area (Å²) in [4.78, 5) is 25.1. The first-order valence-corrected chi connectivity index (χ1v) is 7.04. The fourth-order valence-electron chi connectivity index (χ4n) is 2.10. The van der Waals surface area contributed by atoms with Crippen LogP contribution in [0.25, 0.3) is 0 Å². The zero-order chi connectivity index (χ0) is 15.9. The van der Waals surface area contributed by atoms with Crippen molar-refractivity contribution in [3.63, 3.8) is 0 Å². The number of methoxy groups -OCH3 is 1. The van der Waals surface area contributed by atoms with Crippen molar-refractivity contribution in [1.82, 2.24) is 4.90 Å². The topological polar surface area (TPSA) is 77.1 Å². The van der Waals surface area contributed by atoms with Crippen LogP contribution in [0, 0.1) is 0 Å². The molecule has 1 N–H and O–H groups in total. The van der Waals surface area contributed by atoms with E-state index in [2.05, 4.69) is 5.32 Å². The average Bonchev–Trinajstić information content (AvgIpc) is 2.93. The highest BCUT2D eigenvalue weighted by atomic mass is 16.7. The number of nitrogens with zero attached hydrogens (tertiary/aromatic N) is 1. The zero-order valence-corrected chi connectivity index (χ0v) is 12.8. The molecule has 0 aromatic heterocycles. The molecule has 0 saturated carbocycles. The van der Waals surface area contributed by atoms with E-state index in [1.165, 1.54) is 11.8 Å². The van der Waals surface area contributed by atoms with Crippen LogP contribution in [0.1, 0.15) is 13.3 Å². The van der Waals surface area contributed by atoms with Crippen LogP contribution in [-0.2, 0) is 14.3 Å². The Kier molecular flexibility index (Phi) is 5.60. The van der Waals surface area contributed by atoms with Gasteiger partial charge in [0.15, 0.2) is 11.5 Å². The van der Waals surface area contributed by atoms with Crippen molar-refractivity contribution in [3.8, 4) is 11.5 Å². The van der Waals surface area contributed by atoms with E-state index in [-0.39, 0.29) is 25.2 Å². The normalized spacial score (nSPS) is 12.1. The number of carbonyl (C=O) groups excluding carboxylic acids is 2. The highest BCUT2D eigenvalue weighted by Crippen LogP contribution is 2.34. The summed E-state index contributed by atoms with van der Waals surface area (Å²) < 4.78 is 15.4. The van der Waals surface area contributed by atoms with Crippen LogP contribution < -0.4 is 14.8 Å². The van der Waals surface area contributed by atoms with E-state index < -0.39 is 0 Å². The number of hydrogen-bond acceptors (Lipinski definition) is 5. The van der Waals surface area contributed by atoms with E-state index >= 15 is 0 Å². The molecule has 0 radical (unpaired) electrons.